The molecule has 0 bridgehead atoms. The summed E-state index contributed by atoms with van der Waals surface area (Å²) in [5.74, 6) is -0.288. The highest BCUT2D eigenvalue weighted by molar-refractivity contribution is 14.1. The van der Waals surface area contributed by atoms with E-state index in [1.165, 1.54) is 0 Å². The number of aromatic nitrogens is 1. The highest BCUT2D eigenvalue weighted by Gasteiger charge is 2.26. The Labute approximate surface area is 196 Å². The minimum absolute atomic E-state index is 0.288. The Morgan fingerprint density at radius 3 is 2.42 bits per heavy atom. The summed E-state index contributed by atoms with van der Waals surface area (Å²) in [6.45, 7) is 9.29. The minimum atomic E-state index is -0.799. The molecular weight excluding hydrogens is 505 g/mol. The zero-order valence-corrected chi connectivity index (χ0v) is 20.6. The van der Waals surface area contributed by atoms with Gasteiger partial charge in [0, 0.05) is 32.8 Å². The van der Waals surface area contributed by atoms with E-state index in [4.69, 9.17) is 4.74 Å². The van der Waals surface area contributed by atoms with Crippen molar-refractivity contribution in [2.75, 3.05) is 5.32 Å². The predicted octanol–water partition coefficient (Wildman–Crippen LogP) is 5.46. The Hall–Kier alpha value is -2.55. The van der Waals surface area contributed by atoms with Crippen LogP contribution in [0.1, 0.15) is 37.5 Å². The first-order valence-corrected chi connectivity index (χ1v) is 11.2. The predicted molar refractivity (Wildman–Crippen MR) is 132 cm³/mol. The molecule has 3 rings (SSSR count). The van der Waals surface area contributed by atoms with Gasteiger partial charge < -0.3 is 20.4 Å². The number of nitrogens with one attached hydrogen (secondary N) is 3. The van der Waals surface area contributed by atoms with Gasteiger partial charge in [-0.3, -0.25) is 4.79 Å². The smallest absolute Gasteiger partial charge is 0.408 e. The first-order chi connectivity index (χ1) is 14.5. The molecule has 31 heavy (non-hydrogen) atoms. The lowest BCUT2D eigenvalue weighted by Gasteiger charge is -2.24. The monoisotopic (exact) mass is 533 g/mol. The fourth-order valence-electron chi connectivity index (χ4n) is 3.50. The quantitative estimate of drug-likeness (QED) is 0.381. The summed E-state index contributed by atoms with van der Waals surface area (Å²) < 4.78 is 6.50. The van der Waals surface area contributed by atoms with Gasteiger partial charge in [0.05, 0.1) is 0 Å². The molecule has 0 spiro atoms. The fraction of sp³-hybridized carbons (Fsp3) is 0.333. The number of ether oxygens (including phenoxy) is 1. The summed E-state index contributed by atoms with van der Waals surface area (Å²) >= 11 is 2.26. The molecule has 0 aliphatic carbocycles. The van der Waals surface area contributed by atoms with Crippen molar-refractivity contribution in [2.45, 2.75) is 52.7 Å². The van der Waals surface area contributed by atoms with E-state index in [0.29, 0.717) is 6.42 Å². The van der Waals surface area contributed by atoms with Gasteiger partial charge in [0.25, 0.3) is 0 Å². The van der Waals surface area contributed by atoms with E-state index in [-0.39, 0.29) is 5.91 Å². The highest BCUT2D eigenvalue weighted by Crippen LogP contribution is 2.24. The van der Waals surface area contributed by atoms with Crippen molar-refractivity contribution in [3.8, 4) is 0 Å². The van der Waals surface area contributed by atoms with Crippen molar-refractivity contribution >= 4 is 51.2 Å². The van der Waals surface area contributed by atoms with Crippen LogP contribution in [0.3, 0.4) is 0 Å². The van der Waals surface area contributed by atoms with Gasteiger partial charge in [-0.15, -0.1) is 0 Å². The largest absolute Gasteiger partial charge is 0.444 e. The molecule has 7 heteroatoms. The lowest BCUT2D eigenvalue weighted by Crippen LogP contribution is -2.47. The number of hydrogen-bond donors (Lipinski definition) is 3. The molecule has 0 saturated heterocycles. The van der Waals surface area contributed by atoms with Crippen molar-refractivity contribution in [3.05, 3.63) is 62.9 Å². The number of carbonyl (C=O) groups excluding carboxylic acids is 2. The third kappa shape index (κ3) is 6.00. The van der Waals surface area contributed by atoms with Gasteiger partial charge >= 0.3 is 6.09 Å². The summed E-state index contributed by atoms with van der Waals surface area (Å²) in [5, 5.41) is 6.79. The molecule has 3 aromatic rings. The zero-order valence-electron chi connectivity index (χ0n) is 18.4. The van der Waals surface area contributed by atoms with Gasteiger partial charge in [0.15, 0.2) is 0 Å². The van der Waals surface area contributed by atoms with Crippen molar-refractivity contribution in [1.29, 1.82) is 0 Å². The second kappa shape index (κ2) is 9.30. The number of amides is 2. The lowest BCUT2D eigenvalue weighted by molar-refractivity contribution is -0.118. The van der Waals surface area contributed by atoms with Crippen molar-refractivity contribution in [2.24, 2.45) is 0 Å². The Kier molecular flexibility index (Phi) is 6.93. The van der Waals surface area contributed by atoms with E-state index < -0.39 is 17.7 Å². The molecule has 0 saturated carbocycles. The lowest BCUT2D eigenvalue weighted by atomic mass is 10.0. The summed E-state index contributed by atoms with van der Waals surface area (Å²) in [7, 11) is 0. The number of hydrogen-bond acceptors (Lipinski definition) is 3. The molecule has 2 amide bonds. The first-order valence-electron chi connectivity index (χ1n) is 10.2. The molecule has 1 atom stereocenters. The van der Waals surface area contributed by atoms with Gasteiger partial charge in [0.1, 0.15) is 11.6 Å². The van der Waals surface area contributed by atoms with Crippen molar-refractivity contribution in [1.82, 2.24) is 10.3 Å². The Morgan fingerprint density at radius 1 is 1.13 bits per heavy atom. The molecular formula is C24H28IN3O3. The average molecular weight is 533 g/mol. The maximum Gasteiger partial charge on any atom is 0.408 e. The number of carbonyl (C=O) groups is 2. The molecule has 0 aliphatic rings. The second-order valence-electron chi connectivity index (χ2n) is 8.67. The van der Waals surface area contributed by atoms with Crippen LogP contribution in [-0.2, 0) is 16.0 Å². The number of aromatic amines is 1. The molecule has 3 N–H and O–H groups in total. The molecule has 0 aliphatic heterocycles. The molecule has 0 fully saturated rings. The number of para-hydroxylation sites is 1. The molecule has 6 nitrogen and oxygen atoms in total. The summed E-state index contributed by atoms with van der Waals surface area (Å²) in [6.07, 6.45) is 1.59. The molecule has 1 heterocycles. The summed E-state index contributed by atoms with van der Waals surface area (Å²) in [5.41, 5.74) is 3.98. The molecule has 1 aromatic heterocycles. The van der Waals surface area contributed by atoms with Crippen molar-refractivity contribution in [3.63, 3.8) is 0 Å². The number of rotatable bonds is 5. The van der Waals surface area contributed by atoms with E-state index in [1.807, 2.05) is 56.4 Å². The van der Waals surface area contributed by atoms with Crippen molar-refractivity contribution < 1.29 is 14.3 Å². The normalized spacial score (nSPS) is 12.5. The van der Waals surface area contributed by atoms with Gasteiger partial charge in [-0.05, 0) is 92.1 Å². The van der Waals surface area contributed by atoms with Crippen LogP contribution >= 0.6 is 22.6 Å². The van der Waals surface area contributed by atoms with Crippen LogP contribution in [0.25, 0.3) is 10.9 Å². The second-order valence-corrected chi connectivity index (χ2v) is 9.91. The van der Waals surface area contributed by atoms with Crippen LogP contribution in [0, 0.1) is 17.4 Å². The summed E-state index contributed by atoms with van der Waals surface area (Å²) in [6, 6.07) is 11.1. The molecule has 164 valence electrons. The number of halogens is 1. The average Bonchev–Trinajstić information content (AvgIpc) is 3.05. The Bertz CT molecular complexity index is 1090. The van der Waals surface area contributed by atoms with E-state index in [0.717, 1.165) is 36.9 Å². The minimum Gasteiger partial charge on any atom is -0.444 e. The maximum atomic E-state index is 13.3. The molecule has 0 unspecified atom stereocenters. The number of H-pyrrole nitrogens is 1. The Morgan fingerprint density at radius 2 is 1.77 bits per heavy atom. The number of fused-ring (bicyclic) bond motifs is 1. The van der Waals surface area contributed by atoms with Crippen LogP contribution in [-0.4, -0.2) is 28.6 Å². The van der Waals surface area contributed by atoms with Gasteiger partial charge in [-0.25, -0.2) is 4.79 Å². The Balaban J connectivity index is 1.87. The van der Waals surface area contributed by atoms with E-state index in [9.17, 15) is 9.59 Å². The van der Waals surface area contributed by atoms with E-state index in [1.54, 1.807) is 20.8 Å². The van der Waals surface area contributed by atoms with Gasteiger partial charge in [-0.2, -0.15) is 0 Å². The van der Waals surface area contributed by atoms with Gasteiger partial charge in [-0.1, -0.05) is 18.2 Å². The topological polar surface area (TPSA) is 83.2 Å². The van der Waals surface area contributed by atoms with Crippen LogP contribution < -0.4 is 10.6 Å². The third-order valence-corrected chi connectivity index (χ3v) is 5.47. The highest BCUT2D eigenvalue weighted by atomic mass is 127. The molecule has 2 aromatic carbocycles. The van der Waals surface area contributed by atoms with Crippen LogP contribution in [0.5, 0.6) is 0 Å². The maximum absolute atomic E-state index is 13.3. The fourth-order valence-corrected chi connectivity index (χ4v) is 4.43. The van der Waals surface area contributed by atoms with Crippen LogP contribution in [0.2, 0.25) is 0 Å². The van der Waals surface area contributed by atoms with E-state index >= 15 is 0 Å². The van der Waals surface area contributed by atoms with Crippen LogP contribution in [0.4, 0.5) is 10.5 Å². The zero-order chi connectivity index (χ0) is 22.8. The van der Waals surface area contributed by atoms with Crippen LogP contribution in [0.15, 0.2) is 42.6 Å². The third-order valence-electron chi connectivity index (χ3n) is 4.85. The first kappa shape index (κ1) is 23.1. The number of anilines is 1. The van der Waals surface area contributed by atoms with Gasteiger partial charge in [0.2, 0.25) is 5.91 Å². The molecule has 0 radical (unpaired) electrons. The summed E-state index contributed by atoms with van der Waals surface area (Å²) in [4.78, 5) is 29.0. The number of alkyl carbamates (subject to hydrolysis) is 1. The standard InChI is InChI=1S/C24H28IN3O3/c1-14-10-17(25)11-15(2)21(14)28-22(29)20(27-23(30)31-24(3,4)5)12-16-13-26-19-9-7-6-8-18(16)19/h6-11,13,20,26H,12H2,1-5H3,(H,27,30)(H,28,29)/t20-/m0/s1. The SMILES string of the molecule is Cc1cc(I)cc(C)c1NC(=O)[C@H](Cc1c[nH]c2ccccc12)NC(=O)OC(C)(C)C. The van der Waals surface area contributed by atoms with E-state index in [2.05, 4.69) is 38.2 Å². The number of aryl methyl sites for hydroxylation is 2. The number of benzene rings is 2.